The van der Waals surface area contributed by atoms with E-state index < -0.39 is 8.24 Å². The molecule has 0 bridgehead atoms. The molecule has 0 radical (unpaired) electrons. The van der Waals surface area contributed by atoms with Crippen LogP contribution in [0.3, 0.4) is 0 Å². The molecule has 0 amide bonds. The van der Waals surface area contributed by atoms with Gasteiger partial charge in [0.05, 0.1) is 4.60 Å². The van der Waals surface area contributed by atoms with Crippen LogP contribution in [-0.2, 0) is 6.42 Å². The summed E-state index contributed by atoms with van der Waals surface area (Å²) in [6, 6.07) is 7.95. The summed E-state index contributed by atoms with van der Waals surface area (Å²) in [7, 11) is 0.520. The zero-order valence-electron chi connectivity index (χ0n) is 21.6. The van der Waals surface area contributed by atoms with E-state index in [9.17, 15) is 0 Å². The average Bonchev–Trinajstić information content (AvgIpc) is 3.02. The molecule has 1 aliphatic carbocycles. The first-order valence-corrected chi connectivity index (χ1v) is 16.6. The molecule has 0 spiro atoms. The molecule has 1 unspecified atom stereocenters. The molecule has 182 valence electrons. The number of rotatable bonds is 4. The molecule has 4 rings (SSSR count). The second-order valence-corrected chi connectivity index (χ2v) is 17.7. The van der Waals surface area contributed by atoms with Crippen LogP contribution < -0.4 is 5.32 Å². The lowest BCUT2D eigenvalue weighted by Gasteiger charge is -2.46. The van der Waals surface area contributed by atoms with Crippen LogP contribution in [0.2, 0.25) is 18.1 Å². The Morgan fingerprint density at radius 2 is 1.91 bits per heavy atom. The predicted octanol–water partition coefficient (Wildman–Crippen LogP) is 6.19. The Kier molecular flexibility index (Phi) is 6.84. The van der Waals surface area contributed by atoms with Gasteiger partial charge in [0.15, 0.2) is 13.3 Å². The van der Waals surface area contributed by atoms with Crippen LogP contribution >= 0.6 is 28.1 Å². The molecular formula is C26H41BrN4SSi. The van der Waals surface area contributed by atoms with Crippen molar-refractivity contribution in [2.75, 3.05) is 26.7 Å². The average molecular weight is 550 g/mol. The molecule has 2 aromatic rings. The van der Waals surface area contributed by atoms with Crippen molar-refractivity contribution < 1.29 is 0 Å². The Labute approximate surface area is 215 Å². The molecule has 33 heavy (non-hydrogen) atoms. The van der Waals surface area contributed by atoms with E-state index in [4.69, 9.17) is 12.2 Å². The van der Waals surface area contributed by atoms with Crippen molar-refractivity contribution in [3.8, 4) is 0 Å². The predicted molar refractivity (Wildman–Crippen MR) is 152 cm³/mol. The Morgan fingerprint density at radius 1 is 1.24 bits per heavy atom. The highest BCUT2D eigenvalue weighted by Gasteiger charge is 2.44. The normalized spacial score (nSPS) is 23.5. The third kappa shape index (κ3) is 4.11. The minimum absolute atomic E-state index is 0.265. The standard InChI is InChI=1S/C26H41BrN4SSi/c1-9-30(10-2)25(32)28-17-14-19-18-12-11-13-21-23(18)20(15-22(19)29(6)16-17)24(27)31(21)33(7,8)26(3,4)5/h11-13,17,19,22H,9-10,14-16H2,1-8H3,(H,28,32)/t17-,19?,22+/m0/s1. The van der Waals surface area contributed by atoms with Gasteiger partial charge in [-0.1, -0.05) is 46.0 Å². The first-order valence-electron chi connectivity index (χ1n) is 12.5. The first kappa shape index (κ1) is 25.2. The third-order valence-corrected chi connectivity index (χ3v) is 15.5. The number of nitrogens with zero attached hydrogens (tertiary/aromatic N) is 3. The van der Waals surface area contributed by atoms with Crippen molar-refractivity contribution in [3.05, 3.63) is 33.9 Å². The summed E-state index contributed by atoms with van der Waals surface area (Å²) in [5.74, 6) is 0.527. The number of likely N-dealkylation sites (N-methyl/N-ethyl adjacent to an activating group) is 1. The fourth-order valence-electron chi connectivity index (χ4n) is 5.84. The summed E-state index contributed by atoms with van der Waals surface area (Å²) < 4.78 is 4.02. The van der Waals surface area contributed by atoms with Gasteiger partial charge in [-0.25, -0.2) is 0 Å². The lowest BCUT2D eigenvalue weighted by molar-refractivity contribution is 0.133. The molecule has 1 aromatic heterocycles. The molecule has 4 nitrogen and oxygen atoms in total. The van der Waals surface area contributed by atoms with Crippen LogP contribution in [0.1, 0.15) is 58.1 Å². The number of aromatic nitrogens is 1. The van der Waals surface area contributed by atoms with Crippen molar-refractivity contribution >= 4 is 52.4 Å². The maximum absolute atomic E-state index is 5.75. The van der Waals surface area contributed by atoms with Crippen LogP contribution in [-0.4, -0.2) is 66.1 Å². The van der Waals surface area contributed by atoms with Crippen molar-refractivity contribution in [2.45, 2.75) is 83.6 Å². The number of piperidine rings is 1. The van der Waals surface area contributed by atoms with Crippen LogP contribution in [0, 0.1) is 0 Å². The zero-order valence-corrected chi connectivity index (χ0v) is 25.0. The number of likely N-dealkylation sites (tertiary alicyclic amines) is 1. The minimum Gasteiger partial charge on any atom is -0.362 e. The lowest BCUT2D eigenvalue weighted by Crippen LogP contribution is -2.56. The van der Waals surface area contributed by atoms with Gasteiger partial charge in [0, 0.05) is 48.5 Å². The number of thiocarbonyl (C=S) groups is 1. The van der Waals surface area contributed by atoms with Crippen molar-refractivity contribution in [1.82, 2.24) is 19.3 Å². The molecule has 1 fully saturated rings. The van der Waals surface area contributed by atoms with Crippen molar-refractivity contribution in [1.29, 1.82) is 0 Å². The number of hydrogen-bond acceptors (Lipinski definition) is 2. The monoisotopic (exact) mass is 548 g/mol. The summed E-state index contributed by atoms with van der Waals surface area (Å²) in [5, 5.41) is 6.39. The summed E-state index contributed by atoms with van der Waals surface area (Å²) in [6.45, 7) is 19.5. The second-order valence-electron chi connectivity index (χ2n) is 11.5. The van der Waals surface area contributed by atoms with Gasteiger partial charge in [0.25, 0.3) is 0 Å². The smallest absolute Gasteiger partial charge is 0.169 e. The zero-order chi connectivity index (χ0) is 24.3. The van der Waals surface area contributed by atoms with Crippen LogP contribution in [0.4, 0.5) is 0 Å². The molecule has 1 saturated heterocycles. The van der Waals surface area contributed by atoms with Crippen molar-refractivity contribution in [2.24, 2.45) is 0 Å². The quantitative estimate of drug-likeness (QED) is 0.363. The van der Waals surface area contributed by atoms with E-state index in [-0.39, 0.29) is 5.04 Å². The van der Waals surface area contributed by atoms with E-state index >= 15 is 0 Å². The molecular weight excluding hydrogens is 508 g/mol. The van der Waals surface area contributed by atoms with E-state index in [1.165, 1.54) is 26.6 Å². The molecule has 3 atom stereocenters. The van der Waals surface area contributed by atoms with E-state index in [2.05, 4.69) is 108 Å². The van der Waals surface area contributed by atoms with E-state index in [1.54, 1.807) is 0 Å². The number of nitrogens with one attached hydrogen (secondary N) is 1. The van der Waals surface area contributed by atoms with Crippen molar-refractivity contribution in [3.63, 3.8) is 0 Å². The maximum Gasteiger partial charge on any atom is 0.169 e. The summed E-state index contributed by atoms with van der Waals surface area (Å²) in [6.07, 6.45) is 2.25. The van der Waals surface area contributed by atoms with E-state index in [0.717, 1.165) is 37.6 Å². The van der Waals surface area contributed by atoms with Gasteiger partial charge < -0.3 is 19.3 Å². The van der Waals surface area contributed by atoms with Gasteiger partial charge in [0.2, 0.25) is 0 Å². The van der Waals surface area contributed by atoms with Gasteiger partial charge in [0.1, 0.15) is 0 Å². The maximum atomic E-state index is 5.75. The number of fused-ring (bicyclic) bond motifs is 2. The van der Waals surface area contributed by atoms with Gasteiger partial charge in [-0.05, 0) is 84.1 Å². The topological polar surface area (TPSA) is 23.4 Å². The number of halogens is 1. The second kappa shape index (κ2) is 8.96. The fraction of sp³-hybridized carbons (Fsp3) is 0.654. The number of benzene rings is 1. The fourth-order valence-corrected chi connectivity index (χ4v) is 10.2. The third-order valence-electron chi connectivity index (χ3n) is 8.73. The van der Waals surface area contributed by atoms with Gasteiger partial charge >= 0.3 is 0 Å². The molecule has 7 heteroatoms. The van der Waals surface area contributed by atoms with Crippen LogP contribution in [0.25, 0.3) is 10.9 Å². The highest BCUT2D eigenvalue weighted by molar-refractivity contribution is 9.10. The van der Waals surface area contributed by atoms with E-state index in [0.29, 0.717) is 18.0 Å². The summed E-state index contributed by atoms with van der Waals surface area (Å²) in [4.78, 5) is 4.83. The molecule has 2 aliphatic rings. The summed E-state index contributed by atoms with van der Waals surface area (Å²) >= 11 is 9.86. The van der Waals surface area contributed by atoms with Crippen LogP contribution in [0.15, 0.2) is 22.8 Å². The number of hydrogen-bond donors (Lipinski definition) is 1. The Morgan fingerprint density at radius 3 is 2.52 bits per heavy atom. The van der Waals surface area contributed by atoms with Crippen LogP contribution in [0.5, 0.6) is 0 Å². The minimum atomic E-state index is -1.78. The van der Waals surface area contributed by atoms with Gasteiger partial charge in [-0.15, -0.1) is 0 Å². The molecule has 2 heterocycles. The van der Waals surface area contributed by atoms with Gasteiger partial charge in [-0.3, -0.25) is 0 Å². The summed E-state index contributed by atoms with van der Waals surface area (Å²) in [5.41, 5.74) is 4.48. The van der Waals surface area contributed by atoms with E-state index in [1.807, 2.05) is 0 Å². The highest BCUT2D eigenvalue weighted by atomic mass is 79.9. The largest absolute Gasteiger partial charge is 0.362 e. The lowest BCUT2D eigenvalue weighted by atomic mass is 9.74. The first-order chi connectivity index (χ1) is 15.4. The molecule has 1 aliphatic heterocycles. The highest BCUT2D eigenvalue weighted by Crippen LogP contribution is 2.49. The SMILES string of the molecule is CCN(CC)C(=S)N[C@H]1CC2c3cccc4c3c(c(Br)n4[Si](C)(C)C(C)(C)C)C[C@H]2N(C)C1. The Hall–Kier alpha value is -0.893. The Balaban J connectivity index is 1.76. The molecule has 0 saturated carbocycles. The molecule has 1 aromatic carbocycles. The molecule has 1 N–H and O–H groups in total. The van der Waals surface area contributed by atoms with Gasteiger partial charge in [-0.2, -0.15) is 0 Å². The Bertz CT molecular complexity index is 1050.